The van der Waals surface area contributed by atoms with Gasteiger partial charge in [0.25, 0.3) is 0 Å². The summed E-state index contributed by atoms with van der Waals surface area (Å²) in [5, 5.41) is 1.50. The van der Waals surface area contributed by atoms with Crippen molar-refractivity contribution in [3.05, 3.63) is 33.8 Å². The average molecular weight is 256 g/mol. The highest BCUT2D eigenvalue weighted by Crippen LogP contribution is 2.60. The molecule has 2 saturated carbocycles. The first-order chi connectivity index (χ1) is 7.63. The van der Waals surface area contributed by atoms with Crippen LogP contribution in [0.3, 0.4) is 0 Å². The molecule has 3 rings (SSSR count). The van der Waals surface area contributed by atoms with Gasteiger partial charge >= 0.3 is 0 Å². The van der Waals surface area contributed by atoms with Crippen LogP contribution >= 0.6 is 23.2 Å². The van der Waals surface area contributed by atoms with Gasteiger partial charge in [0.05, 0.1) is 0 Å². The molecule has 0 saturated heterocycles. The Bertz CT molecular complexity index is 400. The summed E-state index contributed by atoms with van der Waals surface area (Å²) < 4.78 is 0. The smallest absolute Gasteiger partial charge is 0.0453 e. The van der Waals surface area contributed by atoms with Crippen LogP contribution in [0.25, 0.3) is 0 Å². The lowest BCUT2D eigenvalue weighted by atomic mass is 9.97. The number of hydrogen-bond acceptors (Lipinski definition) is 1. The van der Waals surface area contributed by atoms with Crippen LogP contribution < -0.4 is 5.73 Å². The van der Waals surface area contributed by atoms with E-state index in [0.29, 0.717) is 11.8 Å². The number of hydrogen-bond donors (Lipinski definition) is 1. The van der Waals surface area contributed by atoms with E-state index in [9.17, 15) is 0 Å². The first-order valence-corrected chi connectivity index (χ1v) is 6.60. The fourth-order valence-corrected chi connectivity index (χ4v) is 3.93. The van der Waals surface area contributed by atoms with Crippen molar-refractivity contribution >= 4 is 23.2 Å². The van der Waals surface area contributed by atoms with Crippen LogP contribution in [0.1, 0.15) is 24.8 Å². The van der Waals surface area contributed by atoms with Crippen molar-refractivity contribution in [3.8, 4) is 0 Å². The third kappa shape index (κ3) is 1.49. The Hall–Kier alpha value is -0.240. The molecule has 2 aliphatic rings. The molecule has 86 valence electrons. The van der Waals surface area contributed by atoms with Crippen LogP contribution in [-0.2, 0) is 6.42 Å². The van der Waals surface area contributed by atoms with Crippen molar-refractivity contribution < 1.29 is 0 Å². The zero-order valence-corrected chi connectivity index (χ0v) is 10.6. The first kappa shape index (κ1) is 10.9. The van der Waals surface area contributed by atoms with Gasteiger partial charge in [-0.2, -0.15) is 0 Å². The molecule has 0 aliphatic heterocycles. The number of rotatable bonds is 2. The molecule has 16 heavy (non-hydrogen) atoms. The Kier molecular flexibility index (Phi) is 2.47. The van der Waals surface area contributed by atoms with Crippen molar-refractivity contribution in [2.24, 2.45) is 17.6 Å². The van der Waals surface area contributed by atoms with Gasteiger partial charge in [-0.3, -0.25) is 0 Å². The van der Waals surface area contributed by atoms with Crippen LogP contribution in [0, 0.1) is 11.8 Å². The van der Waals surface area contributed by atoms with E-state index < -0.39 is 0 Å². The monoisotopic (exact) mass is 255 g/mol. The lowest BCUT2D eigenvalue weighted by Gasteiger charge is -2.17. The molecule has 2 fully saturated rings. The van der Waals surface area contributed by atoms with E-state index in [1.54, 1.807) is 0 Å². The van der Waals surface area contributed by atoms with Crippen molar-refractivity contribution in [1.29, 1.82) is 0 Å². The van der Waals surface area contributed by atoms with Gasteiger partial charge < -0.3 is 5.73 Å². The fraction of sp³-hybridized carbons (Fsp3) is 0.538. The van der Waals surface area contributed by atoms with Crippen LogP contribution in [0.2, 0.25) is 10.0 Å². The van der Waals surface area contributed by atoms with Crippen molar-refractivity contribution in [2.75, 3.05) is 0 Å². The molecule has 1 nitrogen and oxygen atoms in total. The summed E-state index contributed by atoms with van der Waals surface area (Å²) in [6.45, 7) is 0. The number of halogens is 2. The maximum Gasteiger partial charge on any atom is 0.0453 e. The van der Waals surface area contributed by atoms with Gasteiger partial charge in [-0.05, 0) is 48.8 Å². The molecule has 3 heteroatoms. The molecule has 2 atom stereocenters. The molecule has 0 radical (unpaired) electrons. The summed E-state index contributed by atoms with van der Waals surface area (Å²) in [7, 11) is 0. The molecule has 0 bridgehead atoms. The second kappa shape index (κ2) is 3.63. The summed E-state index contributed by atoms with van der Waals surface area (Å²) in [5.74, 6) is 1.42. The quantitative estimate of drug-likeness (QED) is 0.858. The lowest BCUT2D eigenvalue weighted by molar-refractivity contribution is 0.502. The van der Waals surface area contributed by atoms with Crippen LogP contribution in [0.4, 0.5) is 0 Å². The Balaban J connectivity index is 1.85. The minimum Gasteiger partial charge on any atom is -0.324 e. The Labute approximate surface area is 106 Å². The summed E-state index contributed by atoms with van der Waals surface area (Å²) in [5.41, 5.74) is 7.46. The topological polar surface area (TPSA) is 26.0 Å². The maximum atomic E-state index is 6.45. The molecule has 0 aromatic heterocycles. The maximum absolute atomic E-state index is 6.45. The van der Waals surface area contributed by atoms with Crippen LogP contribution in [0.15, 0.2) is 18.2 Å². The van der Waals surface area contributed by atoms with Gasteiger partial charge in [0.1, 0.15) is 0 Å². The molecule has 0 amide bonds. The molecule has 2 N–H and O–H groups in total. The van der Waals surface area contributed by atoms with Gasteiger partial charge in [-0.1, -0.05) is 35.7 Å². The van der Waals surface area contributed by atoms with Crippen molar-refractivity contribution in [1.82, 2.24) is 0 Å². The molecule has 0 heterocycles. The molecule has 2 unspecified atom stereocenters. The number of benzene rings is 1. The zero-order chi connectivity index (χ0) is 11.3. The SMILES string of the molecule is NC1(Cc2c(Cl)cccc2Cl)C2CCCC21. The minimum absolute atomic E-state index is 0.0209. The normalized spacial score (nSPS) is 36.2. The van der Waals surface area contributed by atoms with Crippen molar-refractivity contribution in [2.45, 2.75) is 31.2 Å². The van der Waals surface area contributed by atoms with E-state index in [4.69, 9.17) is 28.9 Å². The standard InChI is InChI=1S/C13H15Cl2N/c14-11-5-2-6-12(15)8(11)7-13(16)9-3-1-4-10(9)13/h2,5-6,9-10H,1,3-4,7,16H2. The molecular formula is C13H15Cl2N. The van der Waals surface area contributed by atoms with E-state index in [-0.39, 0.29) is 5.54 Å². The highest BCUT2D eigenvalue weighted by Gasteiger charge is 2.63. The van der Waals surface area contributed by atoms with E-state index in [0.717, 1.165) is 22.0 Å². The molecule has 2 aliphatic carbocycles. The second-order valence-corrected chi connectivity index (χ2v) is 5.95. The van der Waals surface area contributed by atoms with Gasteiger partial charge in [-0.15, -0.1) is 0 Å². The summed E-state index contributed by atoms with van der Waals surface area (Å²) >= 11 is 12.4. The highest BCUT2D eigenvalue weighted by molar-refractivity contribution is 6.36. The molecule has 1 aromatic rings. The zero-order valence-electron chi connectivity index (χ0n) is 9.05. The molecule has 1 aromatic carbocycles. The highest BCUT2D eigenvalue weighted by atomic mass is 35.5. The van der Waals surface area contributed by atoms with Gasteiger partial charge in [0.15, 0.2) is 0 Å². The molecular weight excluding hydrogens is 241 g/mol. The summed E-state index contributed by atoms with van der Waals surface area (Å²) in [6, 6.07) is 5.67. The predicted octanol–water partition coefficient (Wildman–Crippen LogP) is 3.66. The minimum atomic E-state index is -0.0209. The Morgan fingerprint density at radius 3 is 2.31 bits per heavy atom. The third-order valence-corrected chi connectivity index (χ3v) is 5.04. The van der Waals surface area contributed by atoms with E-state index in [1.807, 2.05) is 18.2 Å². The molecule has 0 spiro atoms. The van der Waals surface area contributed by atoms with E-state index >= 15 is 0 Å². The first-order valence-electron chi connectivity index (χ1n) is 5.84. The second-order valence-electron chi connectivity index (χ2n) is 5.13. The summed E-state index contributed by atoms with van der Waals surface area (Å²) in [6.07, 6.45) is 4.73. The van der Waals surface area contributed by atoms with E-state index in [2.05, 4.69) is 0 Å². The Morgan fingerprint density at radius 2 is 1.75 bits per heavy atom. The Morgan fingerprint density at radius 1 is 1.19 bits per heavy atom. The van der Waals surface area contributed by atoms with E-state index in [1.165, 1.54) is 19.3 Å². The van der Waals surface area contributed by atoms with Gasteiger partial charge in [0.2, 0.25) is 0 Å². The van der Waals surface area contributed by atoms with Gasteiger partial charge in [0, 0.05) is 15.6 Å². The summed E-state index contributed by atoms with van der Waals surface area (Å²) in [4.78, 5) is 0. The predicted molar refractivity (Wildman–Crippen MR) is 67.9 cm³/mol. The third-order valence-electron chi connectivity index (χ3n) is 4.33. The fourth-order valence-electron chi connectivity index (χ4n) is 3.40. The van der Waals surface area contributed by atoms with Crippen molar-refractivity contribution in [3.63, 3.8) is 0 Å². The van der Waals surface area contributed by atoms with Crippen LogP contribution in [0.5, 0.6) is 0 Å². The number of nitrogens with two attached hydrogens (primary N) is 1. The average Bonchev–Trinajstić information content (AvgIpc) is 2.68. The van der Waals surface area contributed by atoms with Gasteiger partial charge in [-0.25, -0.2) is 0 Å². The van der Waals surface area contributed by atoms with Crippen LogP contribution in [-0.4, -0.2) is 5.54 Å². The largest absolute Gasteiger partial charge is 0.324 e. The number of fused-ring (bicyclic) bond motifs is 1. The lowest BCUT2D eigenvalue weighted by Crippen LogP contribution is -2.31.